The molecule has 1 unspecified atom stereocenters. The molecule has 4 amide bonds. The molecule has 2 aromatic rings. The number of nitrogens with one attached hydrogen (secondary N) is 3. The molecule has 1 fully saturated rings. The number of pyridine rings is 1. The number of rotatable bonds is 9. The molecule has 11 heteroatoms. The van der Waals surface area contributed by atoms with Gasteiger partial charge in [0.25, 0.3) is 5.91 Å². The largest absolute Gasteiger partial charge is 0.454 e. The molecule has 3 heterocycles. The van der Waals surface area contributed by atoms with Crippen LogP contribution < -0.4 is 25.4 Å². The zero-order valence-corrected chi connectivity index (χ0v) is 20.6. The highest BCUT2D eigenvalue weighted by atomic mass is 16.7. The summed E-state index contributed by atoms with van der Waals surface area (Å²) >= 11 is 0. The summed E-state index contributed by atoms with van der Waals surface area (Å²) < 4.78 is 10.8. The maximum atomic E-state index is 13.2. The van der Waals surface area contributed by atoms with E-state index >= 15 is 0 Å². The van der Waals surface area contributed by atoms with E-state index < -0.39 is 53.3 Å². The molecule has 4 atom stereocenters. The molecular formula is C26H28N4O7. The lowest BCUT2D eigenvalue weighted by Gasteiger charge is -2.26. The number of Topliss-reactive ketones (excluding diaryl/α,β-unsaturated/α-hetero) is 1. The number of carbonyl (C=O) groups excluding carboxylic acids is 5. The zero-order chi connectivity index (χ0) is 26.7. The van der Waals surface area contributed by atoms with Crippen LogP contribution >= 0.6 is 0 Å². The molecule has 0 spiro atoms. The summed E-state index contributed by atoms with van der Waals surface area (Å²) in [6.45, 7) is 5.05. The molecule has 0 aliphatic carbocycles. The predicted octanol–water partition coefficient (Wildman–Crippen LogP) is 1.29. The Hall–Kier alpha value is -4.28. The van der Waals surface area contributed by atoms with Crippen LogP contribution in [0.3, 0.4) is 0 Å². The first-order chi connectivity index (χ1) is 17.7. The molecule has 1 saturated heterocycles. The van der Waals surface area contributed by atoms with Gasteiger partial charge in [-0.25, -0.2) is 0 Å². The van der Waals surface area contributed by atoms with Crippen molar-refractivity contribution in [2.75, 3.05) is 6.79 Å². The van der Waals surface area contributed by atoms with Crippen molar-refractivity contribution in [3.05, 3.63) is 53.9 Å². The molecule has 3 N–H and O–H groups in total. The van der Waals surface area contributed by atoms with Gasteiger partial charge >= 0.3 is 0 Å². The number of nitrogens with zero attached hydrogens (tertiary/aromatic N) is 1. The fourth-order valence-corrected chi connectivity index (χ4v) is 4.36. The summed E-state index contributed by atoms with van der Waals surface area (Å²) in [4.78, 5) is 67.4. The second kappa shape index (κ2) is 10.8. The van der Waals surface area contributed by atoms with Crippen molar-refractivity contribution in [3.8, 4) is 11.5 Å². The normalized spacial score (nSPS) is 19.8. The van der Waals surface area contributed by atoms with E-state index in [1.54, 1.807) is 50.2 Å². The van der Waals surface area contributed by atoms with Crippen LogP contribution in [0.25, 0.3) is 0 Å². The monoisotopic (exact) mass is 508 g/mol. The van der Waals surface area contributed by atoms with Gasteiger partial charge in [0.2, 0.25) is 24.5 Å². The van der Waals surface area contributed by atoms with E-state index in [-0.39, 0.29) is 24.8 Å². The van der Waals surface area contributed by atoms with Crippen molar-refractivity contribution in [2.24, 2.45) is 17.8 Å². The number of ether oxygens (including phenoxy) is 2. The van der Waals surface area contributed by atoms with Crippen LogP contribution in [-0.2, 0) is 19.2 Å². The van der Waals surface area contributed by atoms with Crippen molar-refractivity contribution in [2.45, 2.75) is 39.3 Å². The van der Waals surface area contributed by atoms with Gasteiger partial charge in [0, 0.05) is 6.20 Å². The van der Waals surface area contributed by atoms with Crippen LogP contribution in [0, 0.1) is 17.8 Å². The molecule has 1 aromatic heterocycles. The lowest BCUT2D eigenvalue weighted by Crippen LogP contribution is -2.49. The lowest BCUT2D eigenvalue weighted by atomic mass is 9.85. The standard InChI is InChI=1S/C26H28N4O7/c1-13(2)22(23(32)21-14(3)24(33)30-26(21)35)29-20(31)11-17(28-25(34)16-6-4-5-9-27-16)15-7-8-18-19(10-15)37-12-36-18/h4-10,13-14,17,21-22H,11-12H2,1-3H3,(H,28,34)(H,29,31)(H,30,33,35)/t14-,17?,21+,22+/m0/s1. The number of hydrogen-bond donors (Lipinski definition) is 3. The second-order valence-electron chi connectivity index (χ2n) is 9.37. The zero-order valence-electron chi connectivity index (χ0n) is 20.6. The molecule has 11 nitrogen and oxygen atoms in total. The van der Waals surface area contributed by atoms with Crippen LogP contribution in [0.5, 0.6) is 11.5 Å². The number of imide groups is 1. The quantitative estimate of drug-likeness (QED) is 0.338. The fraction of sp³-hybridized carbons (Fsp3) is 0.385. The Bertz CT molecular complexity index is 1230. The summed E-state index contributed by atoms with van der Waals surface area (Å²) in [5, 5.41) is 7.71. The van der Waals surface area contributed by atoms with Gasteiger partial charge in [0.1, 0.15) is 11.6 Å². The van der Waals surface area contributed by atoms with E-state index in [0.717, 1.165) is 0 Å². The smallest absolute Gasteiger partial charge is 0.270 e. The summed E-state index contributed by atoms with van der Waals surface area (Å²) in [7, 11) is 0. The minimum Gasteiger partial charge on any atom is -0.454 e. The number of fused-ring (bicyclic) bond motifs is 1. The van der Waals surface area contributed by atoms with Crippen LogP contribution in [-0.4, -0.2) is 47.2 Å². The highest BCUT2D eigenvalue weighted by molar-refractivity contribution is 6.16. The van der Waals surface area contributed by atoms with E-state index in [1.807, 2.05) is 0 Å². The van der Waals surface area contributed by atoms with Crippen molar-refractivity contribution >= 4 is 29.4 Å². The molecule has 37 heavy (non-hydrogen) atoms. The van der Waals surface area contributed by atoms with E-state index in [4.69, 9.17) is 9.47 Å². The van der Waals surface area contributed by atoms with Crippen molar-refractivity contribution in [1.82, 2.24) is 20.9 Å². The Morgan fingerprint density at radius 1 is 1.05 bits per heavy atom. The maximum Gasteiger partial charge on any atom is 0.270 e. The summed E-state index contributed by atoms with van der Waals surface area (Å²) in [6, 6.07) is 8.20. The summed E-state index contributed by atoms with van der Waals surface area (Å²) in [6.07, 6.45) is 1.28. The topological polar surface area (TPSA) is 153 Å². The molecule has 0 radical (unpaired) electrons. The molecule has 194 valence electrons. The van der Waals surface area contributed by atoms with Gasteiger partial charge < -0.3 is 20.1 Å². The number of amides is 4. The molecule has 2 aliphatic heterocycles. The third kappa shape index (κ3) is 5.60. The number of benzene rings is 1. The van der Waals surface area contributed by atoms with Gasteiger partial charge in [-0.2, -0.15) is 0 Å². The molecule has 0 bridgehead atoms. The Kier molecular flexibility index (Phi) is 7.51. The van der Waals surface area contributed by atoms with Crippen LogP contribution in [0.2, 0.25) is 0 Å². The summed E-state index contributed by atoms with van der Waals surface area (Å²) in [5.41, 5.74) is 0.764. The Morgan fingerprint density at radius 3 is 2.46 bits per heavy atom. The maximum absolute atomic E-state index is 13.2. The Morgan fingerprint density at radius 2 is 1.81 bits per heavy atom. The van der Waals surface area contributed by atoms with Crippen LogP contribution in [0.15, 0.2) is 42.6 Å². The first-order valence-electron chi connectivity index (χ1n) is 11.9. The van der Waals surface area contributed by atoms with Crippen LogP contribution in [0.1, 0.15) is 49.3 Å². The second-order valence-corrected chi connectivity index (χ2v) is 9.37. The first kappa shape index (κ1) is 25.8. The Balaban J connectivity index is 1.53. The molecule has 1 aromatic carbocycles. The van der Waals surface area contributed by atoms with Crippen molar-refractivity contribution in [3.63, 3.8) is 0 Å². The van der Waals surface area contributed by atoms with Gasteiger partial charge in [0.15, 0.2) is 17.3 Å². The highest BCUT2D eigenvalue weighted by Crippen LogP contribution is 2.35. The van der Waals surface area contributed by atoms with Crippen molar-refractivity contribution in [1.29, 1.82) is 0 Å². The van der Waals surface area contributed by atoms with Gasteiger partial charge in [0.05, 0.1) is 24.4 Å². The van der Waals surface area contributed by atoms with E-state index in [1.165, 1.54) is 13.1 Å². The SMILES string of the molecule is CC(C)[C@@H](NC(=O)CC(NC(=O)c1ccccn1)c1ccc2c(c1)OCO2)C(=O)[C@@H]1C(=O)NC(=O)[C@H]1C. The summed E-state index contributed by atoms with van der Waals surface area (Å²) in [5.74, 6) is -4.03. The van der Waals surface area contributed by atoms with Gasteiger partial charge in [-0.05, 0) is 35.7 Å². The highest BCUT2D eigenvalue weighted by Gasteiger charge is 2.46. The number of hydrogen-bond acceptors (Lipinski definition) is 8. The van der Waals surface area contributed by atoms with Crippen molar-refractivity contribution < 1.29 is 33.4 Å². The van der Waals surface area contributed by atoms with Crippen LogP contribution in [0.4, 0.5) is 0 Å². The minimum absolute atomic E-state index is 0.0675. The van der Waals surface area contributed by atoms with Gasteiger partial charge in [-0.1, -0.05) is 32.9 Å². The first-order valence-corrected chi connectivity index (χ1v) is 11.9. The molecule has 0 saturated carbocycles. The molecule has 2 aliphatic rings. The molecular weight excluding hydrogens is 480 g/mol. The number of carbonyl (C=O) groups is 5. The average Bonchev–Trinajstić information content (AvgIpc) is 3.44. The predicted molar refractivity (Wildman–Crippen MR) is 129 cm³/mol. The van der Waals surface area contributed by atoms with E-state index in [0.29, 0.717) is 17.1 Å². The molecule has 4 rings (SSSR count). The third-order valence-corrected chi connectivity index (χ3v) is 6.43. The van der Waals surface area contributed by atoms with E-state index in [9.17, 15) is 24.0 Å². The third-order valence-electron chi connectivity index (χ3n) is 6.43. The fourth-order valence-electron chi connectivity index (χ4n) is 4.36. The number of ketones is 1. The Labute approximate surface area is 213 Å². The number of aromatic nitrogens is 1. The van der Waals surface area contributed by atoms with E-state index in [2.05, 4.69) is 20.9 Å². The van der Waals surface area contributed by atoms with Gasteiger partial charge in [-0.15, -0.1) is 0 Å². The minimum atomic E-state index is -1.17. The lowest BCUT2D eigenvalue weighted by molar-refractivity contribution is -0.137. The van der Waals surface area contributed by atoms with Gasteiger partial charge in [-0.3, -0.25) is 34.3 Å². The average molecular weight is 509 g/mol.